The first-order valence-corrected chi connectivity index (χ1v) is 5.38. The average Bonchev–Trinajstić information content (AvgIpc) is 2.49. The zero-order valence-electron chi connectivity index (χ0n) is 7.64. The number of carbonyl (C=O) groups excluding carboxylic acids is 1. The van der Waals surface area contributed by atoms with Crippen LogP contribution in [0.5, 0.6) is 0 Å². The maximum atomic E-state index is 11.5. The van der Waals surface area contributed by atoms with Crippen molar-refractivity contribution in [3.63, 3.8) is 0 Å². The summed E-state index contributed by atoms with van der Waals surface area (Å²) in [7, 11) is 0. The highest BCUT2D eigenvalue weighted by molar-refractivity contribution is 9.10. The number of H-pyrrole nitrogens is 1. The van der Waals surface area contributed by atoms with Gasteiger partial charge in [0, 0.05) is 31.7 Å². The number of aromatic nitrogens is 1. The van der Waals surface area contributed by atoms with E-state index in [2.05, 4.69) is 31.5 Å². The van der Waals surface area contributed by atoms with Crippen molar-refractivity contribution in [2.75, 3.05) is 19.6 Å². The van der Waals surface area contributed by atoms with Crippen LogP contribution in [0.3, 0.4) is 0 Å². The molecule has 0 aliphatic carbocycles. The quantitative estimate of drug-likeness (QED) is 0.748. The van der Waals surface area contributed by atoms with E-state index in [1.165, 1.54) is 0 Å². The highest BCUT2D eigenvalue weighted by atomic mass is 79.9. The zero-order chi connectivity index (χ0) is 9.97. The van der Waals surface area contributed by atoms with Gasteiger partial charge in [0.1, 0.15) is 0 Å². The minimum atomic E-state index is -0.0150. The highest BCUT2D eigenvalue weighted by Crippen LogP contribution is 2.09. The number of nitrogens with one attached hydrogen (secondary N) is 3. The van der Waals surface area contributed by atoms with Crippen LogP contribution in [-0.4, -0.2) is 30.5 Å². The molecule has 0 saturated carbocycles. The van der Waals surface area contributed by atoms with Gasteiger partial charge in [-0.25, -0.2) is 0 Å². The first-order valence-electron chi connectivity index (χ1n) is 4.58. The van der Waals surface area contributed by atoms with E-state index in [1.54, 1.807) is 12.3 Å². The predicted octanol–water partition coefficient (Wildman–Crippen LogP) is 0.726. The second kappa shape index (κ2) is 4.14. The summed E-state index contributed by atoms with van der Waals surface area (Å²) in [5.74, 6) is 0.584. The van der Waals surface area contributed by atoms with Gasteiger partial charge in [0.15, 0.2) is 0 Å². The Labute approximate surface area is 90.6 Å². The number of aromatic amines is 1. The zero-order valence-corrected chi connectivity index (χ0v) is 9.23. The normalized spacial score (nSPS) is 16.4. The molecule has 1 saturated heterocycles. The van der Waals surface area contributed by atoms with E-state index in [0.29, 0.717) is 11.5 Å². The van der Waals surface area contributed by atoms with Gasteiger partial charge in [-0.2, -0.15) is 0 Å². The van der Waals surface area contributed by atoms with Crippen molar-refractivity contribution in [1.82, 2.24) is 15.6 Å². The fourth-order valence-electron chi connectivity index (χ4n) is 1.33. The molecule has 1 aliphatic rings. The Morgan fingerprint density at radius 1 is 1.64 bits per heavy atom. The number of hydrogen-bond donors (Lipinski definition) is 3. The molecule has 5 heteroatoms. The standard InChI is InChI=1S/C9H12BrN3O/c10-8-1-7(5-12-8)9(14)13-4-6-2-11-3-6/h1,5-6,11-12H,2-4H2,(H,13,14). The first kappa shape index (κ1) is 9.73. The van der Waals surface area contributed by atoms with Gasteiger partial charge >= 0.3 is 0 Å². The topological polar surface area (TPSA) is 56.9 Å². The van der Waals surface area contributed by atoms with Crippen LogP contribution in [-0.2, 0) is 0 Å². The Bertz CT molecular complexity index is 333. The minimum Gasteiger partial charge on any atom is -0.355 e. The van der Waals surface area contributed by atoms with Crippen LogP contribution < -0.4 is 10.6 Å². The molecule has 0 spiro atoms. The lowest BCUT2D eigenvalue weighted by atomic mass is 10.0. The summed E-state index contributed by atoms with van der Waals surface area (Å²) < 4.78 is 0.827. The van der Waals surface area contributed by atoms with Crippen LogP contribution in [0.15, 0.2) is 16.9 Å². The van der Waals surface area contributed by atoms with E-state index in [4.69, 9.17) is 0 Å². The second-order valence-electron chi connectivity index (χ2n) is 3.47. The number of rotatable bonds is 3. The van der Waals surface area contributed by atoms with Crippen molar-refractivity contribution < 1.29 is 4.79 Å². The van der Waals surface area contributed by atoms with Gasteiger partial charge in [0.05, 0.1) is 10.2 Å². The molecule has 1 amide bonds. The average molecular weight is 258 g/mol. The Morgan fingerprint density at radius 3 is 2.93 bits per heavy atom. The molecule has 14 heavy (non-hydrogen) atoms. The van der Waals surface area contributed by atoms with Crippen LogP contribution in [0.25, 0.3) is 0 Å². The predicted molar refractivity (Wildman–Crippen MR) is 57.2 cm³/mol. The summed E-state index contributed by atoms with van der Waals surface area (Å²) in [5.41, 5.74) is 0.671. The SMILES string of the molecule is O=C(NCC1CNC1)c1c[nH]c(Br)c1. The Balaban J connectivity index is 1.82. The third-order valence-corrected chi connectivity index (χ3v) is 2.79. The maximum absolute atomic E-state index is 11.5. The highest BCUT2D eigenvalue weighted by Gasteiger charge is 2.17. The van der Waals surface area contributed by atoms with Crippen molar-refractivity contribution in [3.05, 3.63) is 22.4 Å². The number of halogens is 1. The van der Waals surface area contributed by atoms with E-state index in [0.717, 1.165) is 24.2 Å². The van der Waals surface area contributed by atoms with Crippen LogP contribution in [0.4, 0.5) is 0 Å². The molecule has 0 bridgehead atoms. The summed E-state index contributed by atoms with van der Waals surface area (Å²) in [6, 6.07) is 1.77. The van der Waals surface area contributed by atoms with Crippen molar-refractivity contribution in [2.45, 2.75) is 0 Å². The number of amides is 1. The lowest BCUT2D eigenvalue weighted by Crippen LogP contribution is -2.48. The molecule has 4 nitrogen and oxygen atoms in total. The molecular weight excluding hydrogens is 246 g/mol. The van der Waals surface area contributed by atoms with Gasteiger partial charge < -0.3 is 15.6 Å². The number of carbonyl (C=O) groups is 1. The lowest BCUT2D eigenvalue weighted by molar-refractivity contribution is 0.0942. The van der Waals surface area contributed by atoms with Crippen LogP contribution >= 0.6 is 15.9 Å². The van der Waals surface area contributed by atoms with E-state index < -0.39 is 0 Å². The van der Waals surface area contributed by atoms with E-state index in [9.17, 15) is 4.79 Å². The summed E-state index contributed by atoms with van der Waals surface area (Å²) in [6.07, 6.45) is 1.69. The second-order valence-corrected chi connectivity index (χ2v) is 4.32. The van der Waals surface area contributed by atoms with Crippen molar-refractivity contribution >= 4 is 21.8 Å². The molecule has 1 aromatic heterocycles. The Hall–Kier alpha value is -0.810. The molecule has 76 valence electrons. The van der Waals surface area contributed by atoms with Crippen molar-refractivity contribution in [3.8, 4) is 0 Å². The molecule has 0 aromatic carbocycles. The third-order valence-electron chi connectivity index (χ3n) is 2.33. The molecule has 0 unspecified atom stereocenters. The fourth-order valence-corrected chi connectivity index (χ4v) is 1.69. The number of hydrogen-bond acceptors (Lipinski definition) is 2. The van der Waals surface area contributed by atoms with E-state index >= 15 is 0 Å². The van der Waals surface area contributed by atoms with Crippen LogP contribution in [0.2, 0.25) is 0 Å². The molecular formula is C9H12BrN3O. The summed E-state index contributed by atoms with van der Waals surface area (Å²) >= 11 is 3.26. The Morgan fingerprint density at radius 2 is 2.43 bits per heavy atom. The maximum Gasteiger partial charge on any atom is 0.252 e. The first-order chi connectivity index (χ1) is 6.75. The van der Waals surface area contributed by atoms with Crippen molar-refractivity contribution in [2.24, 2.45) is 5.92 Å². The molecule has 1 fully saturated rings. The third kappa shape index (κ3) is 2.16. The summed E-state index contributed by atoms with van der Waals surface area (Å²) in [6.45, 7) is 2.78. The summed E-state index contributed by atoms with van der Waals surface area (Å²) in [5, 5.41) is 6.06. The molecule has 1 aromatic rings. The van der Waals surface area contributed by atoms with Crippen LogP contribution in [0.1, 0.15) is 10.4 Å². The van der Waals surface area contributed by atoms with E-state index in [-0.39, 0.29) is 5.91 Å². The van der Waals surface area contributed by atoms with Crippen molar-refractivity contribution in [1.29, 1.82) is 0 Å². The van der Waals surface area contributed by atoms with Gasteiger partial charge in [-0.15, -0.1) is 0 Å². The van der Waals surface area contributed by atoms with Gasteiger partial charge in [-0.05, 0) is 22.0 Å². The molecule has 2 heterocycles. The van der Waals surface area contributed by atoms with E-state index in [1.807, 2.05) is 0 Å². The van der Waals surface area contributed by atoms with Gasteiger partial charge in [-0.3, -0.25) is 4.79 Å². The summed E-state index contributed by atoms with van der Waals surface area (Å²) in [4.78, 5) is 14.4. The van der Waals surface area contributed by atoms with Gasteiger partial charge in [-0.1, -0.05) is 0 Å². The molecule has 0 radical (unpaired) electrons. The molecule has 3 N–H and O–H groups in total. The van der Waals surface area contributed by atoms with Gasteiger partial charge in [0.25, 0.3) is 5.91 Å². The smallest absolute Gasteiger partial charge is 0.252 e. The minimum absolute atomic E-state index is 0.0150. The van der Waals surface area contributed by atoms with Crippen LogP contribution in [0, 0.1) is 5.92 Å². The fraction of sp³-hybridized carbons (Fsp3) is 0.444. The lowest BCUT2D eigenvalue weighted by Gasteiger charge is -2.26. The Kier molecular flexibility index (Phi) is 2.88. The molecule has 1 aliphatic heterocycles. The monoisotopic (exact) mass is 257 g/mol. The molecule has 2 rings (SSSR count). The largest absolute Gasteiger partial charge is 0.355 e. The molecule has 0 atom stereocenters. The van der Waals surface area contributed by atoms with Gasteiger partial charge in [0.2, 0.25) is 0 Å².